The molecular weight excluding hydrogens is 365 g/mol. The quantitative estimate of drug-likeness (QED) is 0.401. The molecule has 0 saturated carbocycles. The molecule has 0 bridgehead atoms. The summed E-state index contributed by atoms with van der Waals surface area (Å²) in [5.41, 5.74) is -0.174. The van der Waals surface area contributed by atoms with Crippen LogP contribution in [-0.2, 0) is 10.7 Å². The maximum Gasteiger partial charge on any atom is 0.416 e. The first-order chi connectivity index (χ1) is 7.93. The summed E-state index contributed by atoms with van der Waals surface area (Å²) in [4.78, 5) is 0. The van der Waals surface area contributed by atoms with Gasteiger partial charge in [-0.25, -0.2) is 0 Å². The number of hydrogen-bond donors (Lipinski definition) is 0. The van der Waals surface area contributed by atoms with Gasteiger partial charge < -0.3 is 0 Å². The summed E-state index contributed by atoms with van der Waals surface area (Å²) in [5.74, 6) is 0. The van der Waals surface area contributed by atoms with Crippen molar-refractivity contribution in [2.24, 2.45) is 0 Å². The molecule has 1 nitrogen and oxygen atoms in total. The van der Waals surface area contributed by atoms with Gasteiger partial charge in [0.25, 0.3) is 0 Å². The van der Waals surface area contributed by atoms with Gasteiger partial charge in [-0.1, -0.05) is 11.6 Å². The van der Waals surface area contributed by atoms with E-state index in [1.165, 1.54) is 6.07 Å². The zero-order valence-corrected chi connectivity index (χ0v) is 11.3. The number of rotatable bonds is 1. The van der Waals surface area contributed by atoms with E-state index < -0.39 is 11.7 Å². The molecule has 0 N–H and O–H groups in total. The van der Waals surface area contributed by atoms with Crippen LogP contribution in [0.2, 0.25) is 5.02 Å². The highest BCUT2D eigenvalue weighted by Gasteiger charge is 2.31. The van der Waals surface area contributed by atoms with Gasteiger partial charge in [-0.2, -0.15) is 17.7 Å². The predicted molar refractivity (Wildman–Crippen MR) is 68.2 cm³/mol. The van der Waals surface area contributed by atoms with Gasteiger partial charge in [0.15, 0.2) is 10.7 Å². The van der Waals surface area contributed by atoms with Gasteiger partial charge in [-0.05, 0) is 34.7 Å². The average molecular weight is 373 g/mol. The molecule has 0 spiro atoms. The molecule has 90 valence electrons. The molecule has 0 fully saturated rings. The van der Waals surface area contributed by atoms with Gasteiger partial charge >= 0.3 is 6.18 Å². The van der Waals surface area contributed by atoms with Crippen LogP contribution in [0, 0.1) is 0 Å². The van der Waals surface area contributed by atoms with Crippen LogP contribution in [0.1, 0.15) is 5.56 Å². The Morgan fingerprint density at radius 2 is 1.94 bits per heavy atom. The van der Waals surface area contributed by atoms with Gasteiger partial charge in [0.2, 0.25) is 5.52 Å². The van der Waals surface area contributed by atoms with Crippen molar-refractivity contribution >= 4 is 45.1 Å². The van der Waals surface area contributed by atoms with Crippen LogP contribution >= 0.6 is 34.2 Å². The summed E-state index contributed by atoms with van der Waals surface area (Å²) in [5, 5.41) is 1.08. The fourth-order valence-electron chi connectivity index (χ4n) is 1.58. The zero-order valence-electron chi connectivity index (χ0n) is 8.43. The van der Waals surface area contributed by atoms with Crippen molar-refractivity contribution in [3.63, 3.8) is 0 Å². The fraction of sp³-hybridized carbons (Fsp3) is 0.182. The molecule has 1 heterocycles. The maximum atomic E-state index is 12.6. The zero-order chi connectivity index (χ0) is 12.6. The maximum absolute atomic E-state index is 12.6. The predicted octanol–water partition coefficient (Wildman–Crippen LogP) is 4.19. The number of nitrogens with zero attached hydrogens (tertiary/aromatic N) is 1. The van der Waals surface area contributed by atoms with Gasteiger partial charge in [0.05, 0.1) is 16.0 Å². The molecule has 1 aromatic carbocycles. The Hall–Kier alpha value is -0.560. The molecule has 0 aliphatic carbocycles. The van der Waals surface area contributed by atoms with Crippen LogP contribution in [0.25, 0.3) is 10.9 Å². The first kappa shape index (κ1) is 12.9. The first-order valence-corrected chi connectivity index (χ1v) is 6.58. The smallest absolute Gasteiger partial charge is 0.189 e. The third kappa shape index (κ3) is 2.49. The summed E-state index contributed by atoms with van der Waals surface area (Å²) in [6, 6.07) is 5.25. The average Bonchev–Trinajstić information content (AvgIpc) is 2.28. The molecule has 0 atom stereocenters. The molecule has 0 amide bonds. The van der Waals surface area contributed by atoms with E-state index in [9.17, 15) is 13.2 Å². The highest BCUT2D eigenvalue weighted by Crippen LogP contribution is 2.32. The normalized spacial score (nSPS) is 12.1. The third-order valence-electron chi connectivity index (χ3n) is 2.42. The van der Waals surface area contributed by atoms with Crippen LogP contribution in [-0.4, -0.2) is 0 Å². The number of hydrogen-bond acceptors (Lipinski definition) is 0. The Bertz CT molecular complexity index is 568. The lowest BCUT2D eigenvalue weighted by atomic mass is 10.1. The number of alkyl halides is 4. The van der Waals surface area contributed by atoms with Crippen molar-refractivity contribution in [2.45, 2.75) is 10.7 Å². The van der Waals surface area contributed by atoms with Crippen molar-refractivity contribution in [1.29, 1.82) is 0 Å². The monoisotopic (exact) mass is 372 g/mol. The van der Waals surface area contributed by atoms with Crippen molar-refractivity contribution in [3.8, 4) is 0 Å². The second-order valence-electron chi connectivity index (χ2n) is 3.48. The molecule has 0 aliphatic heterocycles. The van der Waals surface area contributed by atoms with Crippen LogP contribution in [0.15, 0.2) is 30.5 Å². The van der Waals surface area contributed by atoms with E-state index in [4.69, 9.17) is 11.6 Å². The van der Waals surface area contributed by atoms with Crippen LogP contribution in [0.5, 0.6) is 0 Å². The summed E-state index contributed by atoms with van der Waals surface area (Å²) in [6.45, 7) is 0. The number of benzene rings is 1. The van der Waals surface area contributed by atoms with Crippen LogP contribution in [0.4, 0.5) is 13.2 Å². The number of fused-ring (bicyclic) bond motifs is 1. The standard InChI is InChI=1S/C11H7ClF3IN/c12-9-3-4-17(6-16)10-5-7(11(13,14)15)1-2-8(9)10/h1-5H,6H2/q+1. The fourth-order valence-corrected chi connectivity index (χ4v) is 2.39. The Morgan fingerprint density at radius 3 is 2.53 bits per heavy atom. The Kier molecular flexibility index (Phi) is 3.49. The molecule has 2 aromatic rings. The summed E-state index contributed by atoms with van der Waals surface area (Å²) in [7, 11) is 0. The molecule has 2 rings (SSSR count). The van der Waals surface area contributed by atoms with Crippen molar-refractivity contribution < 1.29 is 17.7 Å². The van der Waals surface area contributed by atoms with E-state index >= 15 is 0 Å². The SMILES string of the molecule is FC(F)(F)c1ccc2c(Cl)cc[n+](CI)c2c1. The first-order valence-electron chi connectivity index (χ1n) is 4.68. The lowest BCUT2D eigenvalue weighted by molar-refractivity contribution is -0.644. The highest BCUT2D eigenvalue weighted by molar-refractivity contribution is 14.1. The van der Waals surface area contributed by atoms with E-state index in [1.54, 1.807) is 16.8 Å². The van der Waals surface area contributed by atoms with Crippen LogP contribution in [0.3, 0.4) is 0 Å². The van der Waals surface area contributed by atoms with E-state index in [-0.39, 0.29) is 0 Å². The topological polar surface area (TPSA) is 3.88 Å². The molecule has 0 aliphatic rings. The molecular formula is C11H7ClF3IN+. The van der Waals surface area contributed by atoms with E-state index in [0.717, 1.165) is 12.1 Å². The van der Waals surface area contributed by atoms with Gasteiger partial charge in [-0.15, -0.1) is 0 Å². The highest BCUT2D eigenvalue weighted by atomic mass is 127. The van der Waals surface area contributed by atoms with Gasteiger partial charge in [-0.3, -0.25) is 0 Å². The lowest BCUT2D eigenvalue weighted by Crippen LogP contribution is -2.31. The van der Waals surface area contributed by atoms with Gasteiger partial charge in [0, 0.05) is 12.1 Å². The second kappa shape index (κ2) is 4.61. The Balaban J connectivity index is 2.75. The number of aromatic nitrogens is 1. The lowest BCUT2D eigenvalue weighted by Gasteiger charge is -2.07. The number of halogens is 5. The van der Waals surface area contributed by atoms with Crippen molar-refractivity contribution in [2.75, 3.05) is 0 Å². The summed E-state index contributed by atoms with van der Waals surface area (Å²) in [6.07, 6.45) is -2.66. The molecule has 1 aromatic heterocycles. The second-order valence-corrected chi connectivity index (χ2v) is 4.57. The van der Waals surface area contributed by atoms with Crippen molar-refractivity contribution in [3.05, 3.63) is 41.0 Å². The van der Waals surface area contributed by atoms with E-state index in [2.05, 4.69) is 22.6 Å². The van der Waals surface area contributed by atoms with Crippen molar-refractivity contribution in [1.82, 2.24) is 0 Å². The molecule has 6 heteroatoms. The Labute approximate surface area is 114 Å². The minimum Gasteiger partial charge on any atom is -0.189 e. The number of pyridine rings is 1. The summed E-state index contributed by atoms with van der Waals surface area (Å²) < 4.78 is 40.1. The van der Waals surface area contributed by atoms with Crippen LogP contribution < -0.4 is 4.57 Å². The molecule has 17 heavy (non-hydrogen) atoms. The minimum absolute atomic E-state index is 0.454. The third-order valence-corrected chi connectivity index (χ3v) is 3.49. The minimum atomic E-state index is -4.33. The molecule has 0 unspecified atom stereocenters. The summed E-state index contributed by atoms with van der Waals surface area (Å²) >= 11 is 8.04. The Morgan fingerprint density at radius 1 is 1.24 bits per heavy atom. The van der Waals surface area contributed by atoms with Gasteiger partial charge in [0.1, 0.15) is 0 Å². The molecule has 0 radical (unpaired) electrons. The largest absolute Gasteiger partial charge is 0.416 e. The van der Waals surface area contributed by atoms with E-state index in [0.29, 0.717) is 20.5 Å². The van der Waals surface area contributed by atoms with E-state index in [1.807, 2.05) is 0 Å². The molecule has 0 saturated heterocycles.